The fraction of sp³-hybridized carbons (Fsp3) is 0.481. The van der Waals surface area contributed by atoms with Gasteiger partial charge in [0.15, 0.2) is 12.4 Å². The largest absolute Gasteiger partial charge is 0.467 e. The molecule has 0 N–H and O–H groups in total. The van der Waals surface area contributed by atoms with E-state index in [1.165, 1.54) is 19.2 Å². The lowest BCUT2D eigenvalue weighted by atomic mass is 10.0. The molecule has 0 unspecified atom stereocenters. The van der Waals surface area contributed by atoms with Gasteiger partial charge < -0.3 is 28.4 Å². The number of carbonyl (C=O) groups is 1. The number of benzene rings is 1. The molecule has 39 heavy (non-hydrogen) atoms. The molecule has 1 atom stereocenters. The molecule has 1 fully saturated rings. The van der Waals surface area contributed by atoms with Crippen molar-refractivity contribution in [3.05, 3.63) is 35.5 Å². The minimum absolute atomic E-state index is 0.0675. The highest BCUT2D eigenvalue weighted by Gasteiger charge is 2.30. The SMILES string of the molecule is COCOc1cc(OC(F)F)cc(C)c1-c1cc2c(C#N)cn([C@@H]3CCCN(C(=O)OC(C)(C)C)C3)c2nn1. The van der Waals surface area contributed by atoms with Gasteiger partial charge in [0.2, 0.25) is 0 Å². The highest BCUT2D eigenvalue weighted by atomic mass is 19.3. The summed E-state index contributed by atoms with van der Waals surface area (Å²) in [4.78, 5) is 14.4. The predicted molar refractivity (Wildman–Crippen MR) is 138 cm³/mol. The van der Waals surface area contributed by atoms with Crippen LogP contribution in [0.3, 0.4) is 0 Å². The van der Waals surface area contributed by atoms with Gasteiger partial charge in [0, 0.05) is 43.4 Å². The number of hydrogen-bond donors (Lipinski definition) is 0. The van der Waals surface area contributed by atoms with Crippen LogP contribution >= 0.6 is 0 Å². The van der Waals surface area contributed by atoms with Crippen LogP contribution in [0.25, 0.3) is 22.3 Å². The number of methoxy groups -OCH3 is 1. The van der Waals surface area contributed by atoms with Crippen molar-refractivity contribution >= 4 is 17.1 Å². The molecule has 0 saturated carbocycles. The molecule has 1 aliphatic rings. The molecule has 10 nitrogen and oxygen atoms in total. The van der Waals surface area contributed by atoms with Gasteiger partial charge in [-0.05, 0) is 58.2 Å². The fourth-order valence-corrected chi connectivity index (χ4v) is 4.67. The third-order valence-electron chi connectivity index (χ3n) is 6.23. The zero-order valence-electron chi connectivity index (χ0n) is 22.5. The van der Waals surface area contributed by atoms with Gasteiger partial charge in [0.25, 0.3) is 0 Å². The summed E-state index contributed by atoms with van der Waals surface area (Å²) in [5.41, 5.74) is 1.75. The van der Waals surface area contributed by atoms with E-state index in [-0.39, 0.29) is 30.4 Å². The number of carbonyl (C=O) groups excluding carboxylic acids is 1. The standard InChI is InChI=1S/C27H31F2N5O5/c1-16-9-19(38-25(28)29)10-22(37-15-36-5)23(16)21-11-20-17(12-30)13-34(24(20)32-31-21)18-7-6-8-33(14-18)26(35)39-27(2,3)4/h9-11,13,18,25H,6-8,14-15H2,1-5H3/t18-/m1/s1. The monoisotopic (exact) mass is 543 g/mol. The molecular weight excluding hydrogens is 512 g/mol. The van der Waals surface area contributed by atoms with Gasteiger partial charge in [-0.15, -0.1) is 10.2 Å². The van der Waals surface area contributed by atoms with Crippen molar-refractivity contribution in [2.24, 2.45) is 0 Å². The molecule has 0 bridgehead atoms. The van der Waals surface area contributed by atoms with E-state index in [4.69, 9.17) is 14.2 Å². The van der Waals surface area contributed by atoms with Gasteiger partial charge >= 0.3 is 12.7 Å². The summed E-state index contributed by atoms with van der Waals surface area (Å²) in [6.45, 7) is 5.05. The Balaban J connectivity index is 1.72. The van der Waals surface area contributed by atoms with Crippen LogP contribution < -0.4 is 9.47 Å². The summed E-state index contributed by atoms with van der Waals surface area (Å²) >= 11 is 0. The normalized spacial score (nSPS) is 15.9. The number of amides is 1. The summed E-state index contributed by atoms with van der Waals surface area (Å²) in [5.74, 6) is 0.154. The van der Waals surface area contributed by atoms with Crippen LogP contribution in [0.1, 0.15) is 50.8 Å². The Morgan fingerprint density at radius 2 is 2.03 bits per heavy atom. The first-order valence-corrected chi connectivity index (χ1v) is 12.5. The minimum Gasteiger partial charge on any atom is -0.467 e. The van der Waals surface area contributed by atoms with Crippen molar-refractivity contribution in [3.63, 3.8) is 0 Å². The number of nitriles is 1. The molecule has 0 aliphatic carbocycles. The van der Waals surface area contributed by atoms with Gasteiger partial charge in [-0.1, -0.05) is 0 Å². The first kappa shape index (κ1) is 28.0. The molecule has 4 rings (SSSR count). The Bertz CT molecular complexity index is 1400. The van der Waals surface area contributed by atoms with Crippen LogP contribution in [0.2, 0.25) is 0 Å². The van der Waals surface area contributed by atoms with Crippen molar-refractivity contribution in [2.45, 2.75) is 58.8 Å². The first-order valence-electron chi connectivity index (χ1n) is 12.5. The number of hydrogen-bond acceptors (Lipinski definition) is 8. The Labute approximate surface area is 225 Å². The predicted octanol–water partition coefficient (Wildman–Crippen LogP) is 5.43. The molecule has 0 radical (unpaired) electrons. The second-order valence-electron chi connectivity index (χ2n) is 10.3. The van der Waals surface area contributed by atoms with E-state index < -0.39 is 12.2 Å². The Morgan fingerprint density at radius 1 is 1.26 bits per heavy atom. The van der Waals surface area contributed by atoms with E-state index in [0.717, 1.165) is 12.8 Å². The number of nitrogens with zero attached hydrogens (tertiary/aromatic N) is 5. The molecule has 1 saturated heterocycles. The van der Waals surface area contributed by atoms with Gasteiger partial charge in [0.1, 0.15) is 23.2 Å². The zero-order valence-corrected chi connectivity index (χ0v) is 22.5. The topological polar surface area (TPSA) is 112 Å². The molecule has 3 aromatic rings. The number of alkyl halides is 2. The second-order valence-corrected chi connectivity index (χ2v) is 10.3. The number of rotatable bonds is 7. The molecule has 1 aromatic carbocycles. The van der Waals surface area contributed by atoms with Crippen molar-refractivity contribution < 1.29 is 32.5 Å². The summed E-state index contributed by atoms with van der Waals surface area (Å²) < 4.78 is 48.3. The summed E-state index contributed by atoms with van der Waals surface area (Å²) in [5, 5.41) is 19.3. The quantitative estimate of drug-likeness (QED) is 0.363. The Kier molecular flexibility index (Phi) is 8.20. The summed E-state index contributed by atoms with van der Waals surface area (Å²) in [7, 11) is 1.44. The number of aromatic nitrogens is 3. The van der Waals surface area contributed by atoms with Crippen molar-refractivity contribution in [1.29, 1.82) is 5.26 Å². The molecule has 2 aromatic heterocycles. The van der Waals surface area contributed by atoms with E-state index in [2.05, 4.69) is 21.0 Å². The highest BCUT2D eigenvalue weighted by molar-refractivity contribution is 5.87. The average molecular weight is 544 g/mol. The summed E-state index contributed by atoms with van der Waals surface area (Å²) in [6, 6.07) is 6.61. The van der Waals surface area contributed by atoms with E-state index in [1.807, 2.05) is 25.3 Å². The Hall–Kier alpha value is -3.98. The second kappa shape index (κ2) is 11.4. The van der Waals surface area contributed by atoms with Crippen molar-refractivity contribution in [3.8, 4) is 28.8 Å². The Morgan fingerprint density at radius 3 is 2.69 bits per heavy atom. The van der Waals surface area contributed by atoms with Crippen LogP contribution in [-0.4, -0.2) is 65.0 Å². The van der Waals surface area contributed by atoms with Crippen LogP contribution in [0, 0.1) is 18.3 Å². The van der Waals surface area contributed by atoms with Gasteiger partial charge in [-0.25, -0.2) is 4.79 Å². The molecular formula is C27H31F2N5O5. The van der Waals surface area contributed by atoms with Crippen LogP contribution in [0.15, 0.2) is 24.4 Å². The molecule has 1 aliphatic heterocycles. The highest BCUT2D eigenvalue weighted by Crippen LogP contribution is 2.38. The van der Waals surface area contributed by atoms with E-state index in [9.17, 15) is 18.8 Å². The number of halogens is 2. The van der Waals surface area contributed by atoms with E-state index in [1.54, 1.807) is 24.1 Å². The number of aryl methyl sites for hydroxylation is 1. The van der Waals surface area contributed by atoms with Crippen molar-refractivity contribution in [1.82, 2.24) is 19.7 Å². The lowest BCUT2D eigenvalue weighted by Crippen LogP contribution is -2.43. The van der Waals surface area contributed by atoms with E-state index in [0.29, 0.717) is 46.5 Å². The molecule has 12 heteroatoms. The smallest absolute Gasteiger partial charge is 0.410 e. The lowest BCUT2D eigenvalue weighted by Gasteiger charge is -2.34. The van der Waals surface area contributed by atoms with Crippen LogP contribution in [-0.2, 0) is 9.47 Å². The lowest BCUT2D eigenvalue weighted by molar-refractivity contribution is -0.0500. The van der Waals surface area contributed by atoms with Gasteiger partial charge in [-0.2, -0.15) is 14.0 Å². The third kappa shape index (κ3) is 6.37. The number of fused-ring (bicyclic) bond motifs is 1. The van der Waals surface area contributed by atoms with Crippen LogP contribution in [0.5, 0.6) is 11.5 Å². The zero-order chi connectivity index (χ0) is 28.3. The first-order chi connectivity index (χ1) is 18.5. The maximum Gasteiger partial charge on any atom is 0.410 e. The number of piperidine rings is 1. The molecule has 3 heterocycles. The number of likely N-dealkylation sites (tertiary alicyclic amines) is 1. The molecule has 0 spiro atoms. The van der Waals surface area contributed by atoms with Crippen molar-refractivity contribution in [2.75, 3.05) is 27.0 Å². The van der Waals surface area contributed by atoms with Gasteiger partial charge in [-0.3, -0.25) is 0 Å². The summed E-state index contributed by atoms with van der Waals surface area (Å²) in [6.07, 6.45) is 2.90. The maximum absolute atomic E-state index is 12.8. The average Bonchev–Trinajstić information content (AvgIpc) is 3.24. The van der Waals surface area contributed by atoms with Crippen LogP contribution in [0.4, 0.5) is 13.6 Å². The van der Waals surface area contributed by atoms with Gasteiger partial charge in [0.05, 0.1) is 17.3 Å². The fourth-order valence-electron chi connectivity index (χ4n) is 4.67. The third-order valence-corrected chi connectivity index (χ3v) is 6.23. The number of ether oxygens (including phenoxy) is 4. The molecule has 208 valence electrons. The minimum atomic E-state index is -2.99. The van der Waals surface area contributed by atoms with E-state index >= 15 is 0 Å². The maximum atomic E-state index is 12.8. The molecule has 1 amide bonds.